The van der Waals surface area contributed by atoms with Crippen molar-refractivity contribution in [2.45, 2.75) is 31.2 Å². The van der Waals surface area contributed by atoms with Gasteiger partial charge in [-0.1, -0.05) is 12.8 Å². The molecule has 0 spiro atoms. The van der Waals surface area contributed by atoms with E-state index in [1.807, 2.05) is 14.1 Å². The number of nitrogens with zero attached hydrogens (tertiary/aromatic N) is 1. The molecule has 1 saturated carbocycles. The molecule has 0 bridgehead atoms. The molecule has 1 aliphatic rings. The van der Waals surface area contributed by atoms with E-state index in [2.05, 4.69) is 10.2 Å². The fourth-order valence-electron chi connectivity index (χ4n) is 2.01. The van der Waals surface area contributed by atoms with E-state index >= 15 is 0 Å². The molecule has 0 aromatic rings. The third kappa shape index (κ3) is 2.69. The minimum Gasteiger partial charge on any atom is -0.368 e. The lowest BCUT2D eigenvalue weighted by atomic mass is 9.97. The second-order valence-electron chi connectivity index (χ2n) is 4.38. The predicted molar refractivity (Wildman–Crippen MR) is 57.0 cm³/mol. The topological polar surface area (TPSA) is 58.4 Å². The summed E-state index contributed by atoms with van der Waals surface area (Å²) in [6.45, 7) is 1.77. The van der Waals surface area contributed by atoms with Gasteiger partial charge >= 0.3 is 0 Å². The van der Waals surface area contributed by atoms with Crippen LogP contribution < -0.4 is 11.1 Å². The van der Waals surface area contributed by atoms with E-state index in [1.165, 1.54) is 0 Å². The number of hydrogen-bond acceptors (Lipinski definition) is 3. The van der Waals surface area contributed by atoms with Crippen LogP contribution >= 0.6 is 0 Å². The number of amides is 1. The van der Waals surface area contributed by atoms with Gasteiger partial charge in [0.05, 0.1) is 5.54 Å². The van der Waals surface area contributed by atoms with Gasteiger partial charge in [0.1, 0.15) is 0 Å². The van der Waals surface area contributed by atoms with Gasteiger partial charge in [-0.2, -0.15) is 0 Å². The Hall–Kier alpha value is -0.610. The van der Waals surface area contributed by atoms with Gasteiger partial charge in [0.15, 0.2) is 0 Å². The summed E-state index contributed by atoms with van der Waals surface area (Å²) in [6, 6.07) is 0. The molecular weight excluding hydrogens is 178 g/mol. The van der Waals surface area contributed by atoms with Gasteiger partial charge in [-0.25, -0.2) is 0 Å². The summed E-state index contributed by atoms with van der Waals surface area (Å²) in [4.78, 5) is 13.4. The Labute approximate surface area is 85.8 Å². The number of hydrogen-bond donors (Lipinski definition) is 2. The Kier molecular flexibility index (Phi) is 3.89. The van der Waals surface area contributed by atoms with E-state index in [1.54, 1.807) is 0 Å². The summed E-state index contributed by atoms with van der Waals surface area (Å²) < 4.78 is 0. The van der Waals surface area contributed by atoms with Gasteiger partial charge in [0.2, 0.25) is 5.91 Å². The van der Waals surface area contributed by atoms with Crippen LogP contribution in [0.1, 0.15) is 25.7 Å². The summed E-state index contributed by atoms with van der Waals surface area (Å²) in [7, 11) is 4.04. The lowest BCUT2D eigenvalue weighted by Gasteiger charge is -2.27. The monoisotopic (exact) mass is 199 g/mol. The molecule has 0 aromatic carbocycles. The highest BCUT2D eigenvalue weighted by Crippen LogP contribution is 2.28. The average Bonchev–Trinajstić information content (AvgIpc) is 2.53. The predicted octanol–water partition coefficient (Wildman–Crippen LogP) is -0.0643. The third-order valence-electron chi connectivity index (χ3n) is 2.95. The van der Waals surface area contributed by atoms with Crippen molar-refractivity contribution in [1.82, 2.24) is 10.2 Å². The van der Waals surface area contributed by atoms with Gasteiger partial charge in [0.25, 0.3) is 0 Å². The van der Waals surface area contributed by atoms with Crippen molar-refractivity contribution in [3.05, 3.63) is 0 Å². The van der Waals surface area contributed by atoms with Crippen LogP contribution in [-0.2, 0) is 4.79 Å². The summed E-state index contributed by atoms with van der Waals surface area (Å²) in [6.07, 6.45) is 4.02. The van der Waals surface area contributed by atoms with Gasteiger partial charge in [-0.15, -0.1) is 0 Å². The quantitative estimate of drug-likeness (QED) is 0.652. The number of likely N-dealkylation sites (N-methyl/N-ethyl adjacent to an activating group) is 1. The zero-order valence-corrected chi connectivity index (χ0v) is 9.18. The van der Waals surface area contributed by atoms with Crippen LogP contribution in [0.2, 0.25) is 0 Å². The number of nitrogens with one attached hydrogen (secondary N) is 1. The first-order valence-electron chi connectivity index (χ1n) is 5.26. The third-order valence-corrected chi connectivity index (χ3v) is 2.95. The Balaban J connectivity index is 2.40. The highest BCUT2D eigenvalue weighted by atomic mass is 16.1. The van der Waals surface area contributed by atoms with E-state index in [0.717, 1.165) is 38.8 Å². The molecule has 4 heteroatoms. The lowest BCUT2D eigenvalue weighted by Crippen LogP contribution is -2.54. The van der Waals surface area contributed by atoms with E-state index < -0.39 is 5.54 Å². The summed E-state index contributed by atoms with van der Waals surface area (Å²) >= 11 is 0. The molecule has 1 aliphatic carbocycles. The molecule has 82 valence electrons. The van der Waals surface area contributed by atoms with Crippen LogP contribution in [0.3, 0.4) is 0 Å². The number of carbonyl (C=O) groups excluding carboxylic acids is 1. The van der Waals surface area contributed by atoms with Crippen molar-refractivity contribution in [3.63, 3.8) is 0 Å². The molecule has 1 rings (SSSR count). The number of nitrogens with two attached hydrogens (primary N) is 1. The molecule has 0 aromatic heterocycles. The van der Waals surface area contributed by atoms with Crippen LogP contribution in [0.25, 0.3) is 0 Å². The lowest BCUT2D eigenvalue weighted by molar-refractivity contribution is -0.124. The van der Waals surface area contributed by atoms with Crippen molar-refractivity contribution in [3.8, 4) is 0 Å². The SMILES string of the molecule is CN(C)CCNC1(C(N)=O)CCCC1. The first-order chi connectivity index (χ1) is 6.57. The minimum absolute atomic E-state index is 0.186. The molecule has 1 amide bonds. The van der Waals surface area contributed by atoms with Gasteiger partial charge in [-0.3, -0.25) is 4.79 Å². The van der Waals surface area contributed by atoms with Crippen LogP contribution in [0.15, 0.2) is 0 Å². The molecule has 0 aliphatic heterocycles. The maximum Gasteiger partial charge on any atom is 0.237 e. The molecule has 0 radical (unpaired) electrons. The van der Waals surface area contributed by atoms with Crippen LogP contribution in [0, 0.1) is 0 Å². The molecule has 0 saturated heterocycles. The smallest absolute Gasteiger partial charge is 0.237 e. The van der Waals surface area contributed by atoms with Crippen molar-refractivity contribution in [1.29, 1.82) is 0 Å². The zero-order chi connectivity index (χ0) is 10.6. The van der Waals surface area contributed by atoms with Crippen LogP contribution in [0.4, 0.5) is 0 Å². The maximum atomic E-state index is 11.3. The molecule has 14 heavy (non-hydrogen) atoms. The summed E-state index contributed by atoms with van der Waals surface area (Å²) in [5.74, 6) is -0.186. The molecular formula is C10H21N3O. The number of rotatable bonds is 5. The zero-order valence-electron chi connectivity index (χ0n) is 9.18. The van der Waals surface area contributed by atoms with E-state index in [-0.39, 0.29) is 5.91 Å². The Morgan fingerprint density at radius 3 is 2.43 bits per heavy atom. The van der Waals surface area contributed by atoms with Crippen molar-refractivity contribution >= 4 is 5.91 Å². The van der Waals surface area contributed by atoms with E-state index in [0.29, 0.717) is 0 Å². The first-order valence-corrected chi connectivity index (χ1v) is 5.26. The standard InChI is InChI=1S/C10H21N3O/c1-13(2)8-7-12-10(9(11)14)5-3-4-6-10/h12H,3-8H2,1-2H3,(H2,11,14). The van der Waals surface area contributed by atoms with Crippen molar-refractivity contribution in [2.75, 3.05) is 27.2 Å². The number of primary amides is 1. The van der Waals surface area contributed by atoms with Gasteiger partial charge < -0.3 is 16.0 Å². The Morgan fingerprint density at radius 1 is 1.43 bits per heavy atom. The fourth-order valence-corrected chi connectivity index (χ4v) is 2.01. The second-order valence-corrected chi connectivity index (χ2v) is 4.38. The van der Waals surface area contributed by atoms with E-state index in [4.69, 9.17) is 5.73 Å². The molecule has 0 atom stereocenters. The molecule has 3 N–H and O–H groups in total. The molecule has 1 fully saturated rings. The largest absolute Gasteiger partial charge is 0.368 e. The highest BCUT2D eigenvalue weighted by molar-refractivity contribution is 5.85. The summed E-state index contributed by atoms with van der Waals surface area (Å²) in [5, 5.41) is 3.31. The Morgan fingerprint density at radius 2 is 2.00 bits per heavy atom. The van der Waals surface area contributed by atoms with Crippen molar-refractivity contribution < 1.29 is 4.79 Å². The molecule has 0 heterocycles. The van der Waals surface area contributed by atoms with Gasteiger partial charge in [0, 0.05) is 13.1 Å². The Bertz CT molecular complexity index is 198. The maximum absolute atomic E-state index is 11.3. The second kappa shape index (κ2) is 4.75. The average molecular weight is 199 g/mol. The van der Waals surface area contributed by atoms with Crippen LogP contribution in [0.5, 0.6) is 0 Å². The van der Waals surface area contributed by atoms with Gasteiger partial charge in [-0.05, 0) is 26.9 Å². The highest BCUT2D eigenvalue weighted by Gasteiger charge is 2.38. The minimum atomic E-state index is -0.407. The van der Waals surface area contributed by atoms with E-state index in [9.17, 15) is 4.79 Å². The first kappa shape index (κ1) is 11.5. The number of carbonyl (C=O) groups is 1. The van der Waals surface area contributed by atoms with Crippen molar-refractivity contribution in [2.24, 2.45) is 5.73 Å². The molecule has 0 unspecified atom stereocenters. The normalized spacial score (nSPS) is 20.2. The fraction of sp³-hybridized carbons (Fsp3) is 0.900. The van der Waals surface area contributed by atoms with Crippen LogP contribution in [-0.4, -0.2) is 43.5 Å². The summed E-state index contributed by atoms with van der Waals surface area (Å²) in [5.41, 5.74) is 5.03. The molecule has 4 nitrogen and oxygen atoms in total.